The highest BCUT2D eigenvalue weighted by atomic mass is 35.5. The van der Waals surface area contributed by atoms with Crippen molar-refractivity contribution in [1.29, 1.82) is 0 Å². The van der Waals surface area contributed by atoms with Crippen LogP contribution < -0.4 is 10.6 Å². The third-order valence-electron chi connectivity index (χ3n) is 5.55. The summed E-state index contributed by atoms with van der Waals surface area (Å²) < 4.78 is 0. The number of likely N-dealkylation sites (N-methyl/N-ethyl adjacent to an activating group) is 1. The number of amides is 2. The van der Waals surface area contributed by atoms with Crippen LogP contribution in [-0.2, 0) is 17.6 Å². The van der Waals surface area contributed by atoms with Crippen LogP contribution in [0.1, 0.15) is 48.0 Å². The van der Waals surface area contributed by atoms with Crippen molar-refractivity contribution in [3.63, 3.8) is 0 Å². The maximum absolute atomic E-state index is 13.3. The van der Waals surface area contributed by atoms with Gasteiger partial charge in [-0.05, 0) is 62.4 Å². The summed E-state index contributed by atoms with van der Waals surface area (Å²) in [6.45, 7) is 7.06. The number of rotatable bonds is 5. The Hall–Kier alpha value is -1.89. The maximum Gasteiger partial charge on any atom is 0.258 e. The number of nitrogens with zero attached hydrogens (tertiary/aromatic N) is 1. The largest absolute Gasteiger partial charge is 0.321 e. The van der Waals surface area contributed by atoms with Crippen LogP contribution in [0.15, 0.2) is 24.3 Å². The number of halogens is 1. The third-order valence-corrected chi connectivity index (χ3v) is 7.05. The topological polar surface area (TPSA) is 61.4 Å². The van der Waals surface area contributed by atoms with Gasteiger partial charge in [-0.15, -0.1) is 11.3 Å². The van der Waals surface area contributed by atoms with Crippen LogP contribution in [-0.4, -0.2) is 37.4 Å². The number of hydrogen-bond acceptors (Lipinski definition) is 4. The summed E-state index contributed by atoms with van der Waals surface area (Å²) in [5, 5.41) is 7.03. The molecule has 0 saturated heterocycles. The Labute approximate surface area is 187 Å². The lowest BCUT2D eigenvalue weighted by Crippen LogP contribution is -2.28. The predicted octanol–water partition coefficient (Wildman–Crippen LogP) is 5.30. The summed E-state index contributed by atoms with van der Waals surface area (Å²) in [5.74, 6) is 0.196. The van der Waals surface area contributed by atoms with Gasteiger partial charge in [-0.3, -0.25) is 9.59 Å². The molecule has 1 aromatic carbocycles. The molecule has 2 amide bonds. The van der Waals surface area contributed by atoms with E-state index in [1.807, 2.05) is 31.1 Å². The van der Waals surface area contributed by atoms with Gasteiger partial charge < -0.3 is 15.5 Å². The highest BCUT2D eigenvalue weighted by Crippen LogP contribution is 2.44. The van der Waals surface area contributed by atoms with Gasteiger partial charge in [-0.2, -0.15) is 0 Å². The molecule has 0 radical (unpaired) electrons. The van der Waals surface area contributed by atoms with Crippen molar-refractivity contribution < 1.29 is 9.59 Å². The summed E-state index contributed by atoms with van der Waals surface area (Å²) in [5.41, 5.74) is 2.41. The Morgan fingerprint density at radius 3 is 2.53 bits per heavy atom. The van der Waals surface area contributed by atoms with E-state index in [1.54, 1.807) is 12.1 Å². The molecular weight excluding hydrogens is 418 g/mol. The number of anilines is 2. The number of benzene rings is 1. The van der Waals surface area contributed by atoms with Crippen molar-refractivity contribution in [2.24, 2.45) is 11.3 Å². The maximum atomic E-state index is 13.3. The summed E-state index contributed by atoms with van der Waals surface area (Å²) >= 11 is 7.77. The molecule has 7 heteroatoms. The molecule has 0 unspecified atom stereocenters. The summed E-state index contributed by atoms with van der Waals surface area (Å²) in [6, 6.07) is 7.18. The molecule has 0 aliphatic heterocycles. The lowest BCUT2D eigenvalue weighted by atomic mass is 9.72. The van der Waals surface area contributed by atoms with E-state index in [9.17, 15) is 9.59 Å². The minimum absolute atomic E-state index is 0.127. The van der Waals surface area contributed by atoms with Gasteiger partial charge in [0.25, 0.3) is 5.91 Å². The molecule has 5 nitrogen and oxygen atoms in total. The van der Waals surface area contributed by atoms with Crippen LogP contribution in [0, 0.1) is 11.3 Å². The number of hydrogen-bond donors (Lipinski definition) is 2. The molecule has 1 atom stereocenters. The Kier molecular flexibility index (Phi) is 6.90. The van der Waals surface area contributed by atoms with Crippen molar-refractivity contribution >= 4 is 45.4 Å². The number of carbonyl (C=O) groups excluding carboxylic acids is 2. The third kappa shape index (κ3) is 5.23. The molecule has 30 heavy (non-hydrogen) atoms. The average Bonchev–Trinajstić information content (AvgIpc) is 2.99. The zero-order valence-corrected chi connectivity index (χ0v) is 19.8. The van der Waals surface area contributed by atoms with E-state index in [-0.39, 0.29) is 23.8 Å². The standard InChI is InChI=1S/C23H30ClN3O2S/c1-23(2,3)14-10-11-15-18(12-14)30-22(26-19(28)13-27(4)5)20(15)21(29)25-17-9-7-6-8-16(17)24/h6-9,14H,10-13H2,1-5H3,(H,25,29)(H,26,28)/t14-/m0/s1. The van der Waals surface area contributed by atoms with Crippen LogP contribution in [0.4, 0.5) is 10.7 Å². The molecular formula is C23H30ClN3O2S. The Morgan fingerprint density at radius 2 is 1.90 bits per heavy atom. The molecule has 1 aliphatic rings. The number of nitrogens with one attached hydrogen (secondary N) is 2. The molecule has 162 valence electrons. The summed E-state index contributed by atoms with van der Waals surface area (Å²) in [7, 11) is 3.69. The van der Waals surface area contributed by atoms with Gasteiger partial charge in [-0.1, -0.05) is 44.5 Å². The molecule has 2 N–H and O–H groups in total. The average molecular weight is 448 g/mol. The van der Waals surface area contributed by atoms with E-state index in [0.717, 1.165) is 24.8 Å². The van der Waals surface area contributed by atoms with Crippen molar-refractivity contribution in [2.45, 2.75) is 40.0 Å². The molecule has 0 fully saturated rings. The second kappa shape index (κ2) is 9.08. The van der Waals surface area contributed by atoms with Crippen molar-refractivity contribution in [2.75, 3.05) is 31.3 Å². The van der Waals surface area contributed by atoms with Crippen LogP contribution in [0.25, 0.3) is 0 Å². The molecule has 1 aromatic heterocycles. The van der Waals surface area contributed by atoms with E-state index in [2.05, 4.69) is 31.4 Å². The SMILES string of the molecule is CN(C)CC(=O)Nc1sc2c(c1C(=O)Nc1ccccc1Cl)CC[C@H](C(C)(C)C)C2. The zero-order chi connectivity index (χ0) is 22.1. The van der Waals surface area contributed by atoms with E-state index >= 15 is 0 Å². The monoisotopic (exact) mass is 447 g/mol. The second-order valence-electron chi connectivity index (χ2n) is 9.23. The molecule has 0 saturated carbocycles. The van der Waals surface area contributed by atoms with Crippen molar-refractivity contribution in [3.05, 3.63) is 45.3 Å². The minimum Gasteiger partial charge on any atom is -0.321 e. The fraction of sp³-hybridized carbons (Fsp3) is 0.478. The van der Waals surface area contributed by atoms with Crippen LogP contribution in [0.5, 0.6) is 0 Å². The van der Waals surface area contributed by atoms with Crippen molar-refractivity contribution in [3.8, 4) is 0 Å². The lowest BCUT2D eigenvalue weighted by Gasteiger charge is -2.33. The second-order valence-corrected chi connectivity index (χ2v) is 10.7. The van der Waals surface area contributed by atoms with E-state index in [0.29, 0.717) is 27.2 Å². The van der Waals surface area contributed by atoms with E-state index in [1.165, 1.54) is 16.2 Å². The highest BCUT2D eigenvalue weighted by Gasteiger charge is 2.34. The Bertz CT molecular complexity index is 946. The fourth-order valence-electron chi connectivity index (χ4n) is 3.85. The molecule has 2 aromatic rings. The minimum atomic E-state index is -0.227. The van der Waals surface area contributed by atoms with Gasteiger partial charge in [0.2, 0.25) is 5.91 Å². The number of para-hydroxylation sites is 1. The van der Waals surface area contributed by atoms with Gasteiger partial charge in [0.15, 0.2) is 0 Å². The first-order chi connectivity index (χ1) is 14.1. The molecule has 1 aliphatic carbocycles. The van der Waals surface area contributed by atoms with Crippen molar-refractivity contribution in [1.82, 2.24) is 4.90 Å². The normalized spacial score (nSPS) is 16.3. The molecule has 3 rings (SSSR count). The molecule has 0 bridgehead atoms. The molecule has 1 heterocycles. The van der Waals surface area contributed by atoms with E-state index < -0.39 is 0 Å². The molecule has 0 spiro atoms. The smallest absolute Gasteiger partial charge is 0.258 e. The van der Waals surface area contributed by atoms with Gasteiger partial charge >= 0.3 is 0 Å². The summed E-state index contributed by atoms with van der Waals surface area (Å²) in [4.78, 5) is 28.7. The first kappa shape index (κ1) is 22.8. The van der Waals surface area contributed by atoms with Crippen LogP contribution in [0.2, 0.25) is 5.02 Å². The fourth-order valence-corrected chi connectivity index (χ4v) is 5.38. The summed E-state index contributed by atoms with van der Waals surface area (Å²) in [6.07, 6.45) is 2.80. The highest BCUT2D eigenvalue weighted by molar-refractivity contribution is 7.17. The zero-order valence-electron chi connectivity index (χ0n) is 18.3. The Morgan fingerprint density at radius 1 is 1.20 bits per heavy atom. The number of thiophene rings is 1. The van der Waals surface area contributed by atoms with Gasteiger partial charge in [0.05, 0.1) is 22.8 Å². The number of fused-ring (bicyclic) bond motifs is 1. The lowest BCUT2D eigenvalue weighted by molar-refractivity contribution is -0.116. The number of carbonyl (C=O) groups is 2. The predicted molar refractivity (Wildman–Crippen MR) is 126 cm³/mol. The van der Waals surface area contributed by atoms with Crippen LogP contribution >= 0.6 is 22.9 Å². The van der Waals surface area contributed by atoms with Crippen LogP contribution in [0.3, 0.4) is 0 Å². The van der Waals surface area contributed by atoms with E-state index in [4.69, 9.17) is 11.6 Å². The van der Waals surface area contributed by atoms with Gasteiger partial charge in [-0.25, -0.2) is 0 Å². The van der Waals surface area contributed by atoms with Gasteiger partial charge in [0, 0.05) is 4.88 Å². The Balaban J connectivity index is 1.95. The quantitative estimate of drug-likeness (QED) is 0.653. The first-order valence-corrected chi connectivity index (χ1v) is 11.4. The first-order valence-electron chi connectivity index (χ1n) is 10.2. The van der Waals surface area contributed by atoms with Gasteiger partial charge in [0.1, 0.15) is 5.00 Å².